The SMILES string of the molecule is Cc1ccc2nc(SC(C)C(=O)c3c(N)n(C)c(=O)n(C)c3=O)[nH]c2c1. The van der Waals surface area contributed by atoms with E-state index in [1.54, 1.807) is 6.92 Å². The Morgan fingerprint density at radius 1 is 1.27 bits per heavy atom. The van der Waals surface area contributed by atoms with Crippen LogP contribution in [0.4, 0.5) is 5.82 Å². The molecule has 0 aliphatic rings. The molecule has 0 amide bonds. The van der Waals surface area contributed by atoms with Gasteiger partial charge in [-0.1, -0.05) is 17.8 Å². The second-order valence-electron chi connectivity index (χ2n) is 6.15. The van der Waals surface area contributed by atoms with Crippen LogP contribution in [0.15, 0.2) is 32.9 Å². The number of nitrogens with two attached hydrogens (primary N) is 1. The average Bonchev–Trinajstić information content (AvgIpc) is 2.99. The second-order valence-corrected chi connectivity index (χ2v) is 7.48. The third-order valence-electron chi connectivity index (χ3n) is 4.23. The molecule has 3 N–H and O–H groups in total. The van der Waals surface area contributed by atoms with E-state index in [-0.39, 0.29) is 11.4 Å². The molecule has 0 aliphatic heterocycles. The normalized spacial score (nSPS) is 12.5. The number of aromatic amines is 1. The number of aryl methyl sites for hydroxylation is 1. The van der Waals surface area contributed by atoms with Crippen LogP contribution in [0.1, 0.15) is 22.8 Å². The van der Waals surface area contributed by atoms with Gasteiger partial charge in [-0.25, -0.2) is 9.78 Å². The van der Waals surface area contributed by atoms with E-state index in [9.17, 15) is 14.4 Å². The summed E-state index contributed by atoms with van der Waals surface area (Å²) in [5.41, 5.74) is 7.20. The summed E-state index contributed by atoms with van der Waals surface area (Å²) in [7, 11) is 2.74. The molecule has 1 atom stereocenters. The molecule has 0 aliphatic carbocycles. The van der Waals surface area contributed by atoms with Crippen molar-refractivity contribution in [1.82, 2.24) is 19.1 Å². The molecule has 9 heteroatoms. The van der Waals surface area contributed by atoms with Crippen molar-refractivity contribution in [2.75, 3.05) is 5.73 Å². The highest BCUT2D eigenvalue weighted by Gasteiger charge is 2.26. The van der Waals surface area contributed by atoms with Crippen molar-refractivity contribution in [3.63, 3.8) is 0 Å². The van der Waals surface area contributed by atoms with Crippen LogP contribution in [-0.4, -0.2) is 30.1 Å². The molecule has 0 saturated heterocycles. The van der Waals surface area contributed by atoms with Gasteiger partial charge in [-0.3, -0.25) is 18.7 Å². The van der Waals surface area contributed by atoms with Crippen LogP contribution in [0.3, 0.4) is 0 Å². The Hall–Kier alpha value is -2.81. The van der Waals surface area contributed by atoms with Crippen molar-refractivity contribution in [3.05, 3.63) is 50.2 Å². The average molecular weight is 373 g/mol. The maximum Gasteiger partial charge on any atom is 0.332 e. The zero-order valence-corrected chi connectivity index (χ0v) is 15.7. The number of imidazole rings is 1. The van der Waals surface area contributed by atoms with Crippen molar-refractivity contribution < 1.29 is 4.79 Å². The summed E-state index contributed by atoms with van der Waals surface area (Å²) in [6.07, 6.45) is 0. The van der Waals surface area contributed by atoms with Gasteiger partial charge in [0.15, 0.2) is 10.9 Å². The number of anilines is 1. The van der Waals surface area contributed by atoms with Crippen LogP contribution in [0, 0.1) is 6.92 Å². The van der Waals surface area contributed by atoms with Crippen molar-refractivity contribution >= 4 is 34.4 Å². The zero-order chi connectivity index (χ0) is 19.2. The number of carbonyl (C=O) groups is 1. The lowest BCUT2D eigenvalue weighted by molar-refractivity contribution is 0.0992. The Labute approximate surface area is 153 Å². The van der Waals surface area contributed by atoms with Gasteiger partial charge in [0.25, 0.3) is 5.56 Å². The molecular weight excluding hydrogens is 354 g/mol. The molecule has 0 spiro atoms. The number of benzene rings is 1. The number of rotatable bonds is 4. The number of H-pyrrole nitrogens is 1. The van der Waals surface area contributed by atoms with Gasteiger partial charge in [0.05, 0.1) is 16.3 Å². The van der Waals surface area contributed by atoms with Crippen LogP contribution in [0.5, 0.6) is 0 Å². The number of carbonyl (C=O) groups excluding carboxylic acids is 1. The van der Waals surface area contributed by atoms with Gasteiger partial charge in [-0.15, -0.1) is 0 Å². The number of Topliss-reactive ketones (excluding diaryl/α,β-unsaturated/α-hetero) is 1. The number of aromatic nitrogens is 4. The number of nitrogens with zero attached hydrogens (tertiary/aromatic N) is 3. The first-order valence-electron chi connectivity index (χ1n) is 7.93. The molecule has 0 bridgehead atoms. The Morgan fingerprint density at radius 3 is 2.65 bits per heavy atom. The number of hydrogen-bond donors (Lipinski definition) is 2. The lowest BCUT2D eigenvalue weighted by Gasteiger charge is -2.13. The summed E-state index contributed by atoms with van der Waals surface area (Å²) in [5, 5.41) is -0.0316. The van der Waals surface area contributed by atoms with E-state index in [2.05, 4.69) is 9.97 Å². The summed E-state index contributed by atoms with van der Waals surface area (Å²) in [6, 6.07) is 5.83. The minimum absolute atomic E-state index is 0.129. The van der Waals surface area contributed by atoms with Gasteiger partial charge in [0.2, 0.25) is 0 Å². The number of fused-ring (bicyclic) bond motifs is 1. The maximum atomic E-state index is 12.8. The second kappa shape index (κ2) is 6.49. The quantitative estimate of drug-likeness (QED) is 0.525. The molecule has 3 rings (SSSR count). The third-order valence-corrected chi connectivity index (χ3v) is 5.21. The van der Waals surface area contributed by atoms with Gasteiger partial charge >= 0.3 is 5.69 Å². The van der Waals surface area contributed by atoms with E-state index in [1.165, 1.54) is 25.9 Å². The molecule has 136 valence electrons. The molecule has 0 radical (unpaired) electrons. The molecule has 0 saturated carbocycles. The molecule has 3 aromatic rings. The van der Waals surface area contributed by atoms with Crippen molar-refractivity contribution in [1.29, 1.82) is 0 Å². The van der Waals surface area contributed by atoms with Crippen LogP contribution < -0.4 is 17.0 Å². The summed E-state index contributed by atoms with van der Waals surface area (Å²) in [5.74, 6) is -0.573. The Balaban J connectivity index is 1.95. The summed E-state index contributed by atoms with van der Waals surface area (Å²) >= 11 is 1.20. The minimum atomic E-state index is -0.691. The van der Waals surface area contributed by atoms with E-state index in [4.69, 9.17) is 5.73 Å². The van der Waals surface area contributed by atoms with Crippen molar-refractivity contribution in [3.8, 4) is 0 Å². The van der Waals surface area contributed by atoms with Gasteiger partial charge in [0, 0.05) is 14.1 Å². The first kappa shape index (κ1) is 18.0. The Bertz CT molecular complexity index is 1140. The fourth-order valence-electron chi connectivity index (χ4n) is 2.67. The first-order valence-corrected chi connectivity index (χ1v) is 8.81. The number of ketones is 1. The molecule has 2 aromatic heterocycles. The lowest BCUT2D eigenvalue weighted by Crippen LogP contribution is -2.42. The predicted octanol–water partition coefficient (Wildman–Crippen LogP) is 1.21. The fourth-order valence-corrected chi connectivity index (χ4v) is 3.55. The predicted molar refractivity (Wildman–Crippen MR) is 102 cm³/mol. The van der Waals surface area contributed by atoms with Crippen LogP contribution in [0.25, 0.3) is 11.0 Å². The zero-order valence-electron chi connectivity index (χ0n) is 14.9. The Morgan fingerprint density at radius 2 is 1.96 bits per heavy atom. The number of thioether (sulfide) groups is 1. The minimum Gasteiger partial charge on any atom is -0.384 e. The fraction of sp³-hybridized carbons (Fsp3) is 0.294. The molecular formula is C17H19N5O3S. The van der Waals surface area contributed by atoms with Gasteiger partial charge in [-0.2, -0.15) is 0 Å². The largest absolute Gasteiger partial charge is 0.384 e. The van der Waals surface area contributed by atoms with E-state index < -0.39 is 22.3 Å². The summed E-state index contributed by atoms with van der Waals surface area (Å²) in [6.45, 7) is 3.66. The maximum absolute atomic E-state index is 12.8. The van der Waals surface area contributed by atoms with E-state index in [0.717, 1.165) is 25.7 Å². The topological polar surface area (TPSA) is 116 Å². The lowest BCUT2D eigenvalue weighted by atomic mass is 10.1. The summed E-state index contributed by atoms with van der Waals surface area (Å²) < 4.78 is 1.97. The summed E-state index contributed by atoms with van der Waals surface area (Å²) in [4.78, 5) is 44.7. The van der Waals surface area contributed by atoms with Crippen LogP contribution in [0.2, 0.25) is 0 Å². The van der Waals surface area contributed by atoms with Gasteiger partial charge in [-0.05, 0) is 31.5 Å². The highest BCUT2D eigenvalue weighted by atomic mass is 32.2. The first-order chi connectivity index (χ1) is 12.2. The molecule has 2 heterocycles. The smallest absolute Gasteiger partial charge is 0.332 e. The third kappa shape index (κ3) is 2.94. The Kier molecular flexibility index (Phi) is 4.49. The van der Waals surface area contributed by atoms with E-state index in [1.807, 2.05) is 25.1 Å². The van der Waals surface area contributed by atoms with Gasteiger partial charge in [0.1, 0.15) is 11.4 Å². The highest BCUT2D eigenvalue weighted by Crippen LogP contribution is 2.26. The number of hydrogen-bond acceptors (Lipinski definition) is 6. The molecule has 1 aromatic carbocycles. The highest BCUT2D eigenvalue weighted by molar-refractivity contribution is 8.00. The molecule has 1 unspecified atom stereocenters. The molecule has 8 nitrogen and oxygen atoms in total. The number of nitrogens with one attached hydrogen (secondary N) is 1. The van der Waals surface area contributed by atoms with Crippen molar-refractivity contribution in [2.24, 2.45) is 14.1 Å². The number of nitrogen functional groups attached to an aromatic ring is 1. The van der Waals surface area contributed by atoms with E-state index >= 15 is 0 Å². The molecule has 0 fully saturated rings. The molecule has 26 heavy (non-hydrogen) atoms. The standard InChI is InChI=1S/C17H19N5O3S/c1-8-5-6-10-11(7-8)20-16(19-10)26-9(2)13(23)12-14(18)21(3)17(25)22(4)15(12)24/h5-7,9H,18H2,1-4H3,(H,19,20). The van der Waals surface area contributed by atoms with Gasteiger partial charge < -0.3 is 10.7 Å². The van der Waals surface area contributed by atoms with Crippen molar-refractivity contribution in [2.45, 2.75) is 24.3 Å². The van der Waals surface area contributed by atoms with Crippen LogP contribution >= 0.6 is 11.8 Å². The monoisotopic (exact) mass is 373 g/mol. The van der Waals surface area contributed by atoms with E-state index in [0.29, 0.717) is 5.16 Å². The van der Waals surface area contributed by atoms with Crippen LogP contribution in [-0.2, 0) is 14.1 Å².